The molecule has 0 amide bonds. The highest BCUT2D eigenvalue weighted by Crippen LogP contribution is 2.29. The zero-order chi connectivity index (χ0) is 9.42. The van der Waals surface area contributed by atoms with E-state index in [1.165, 1.54) is 17.4 Å². The third kappa shape index (κ3) is 1.51. The van der Waals surface area contributed by atoms with Crippen LogP contribution in [0, 0.1) is 5.82 Å². The number of thiophene rings is 1. The maximum atomic E-state index is 13.3. The minimum Gasteiger partial charge on any atom is -0.297 e. The minimum atomic E-state index is -0.289. The van der Waals surface area contributed by atoms with Crippen LogP contribution in [-0.2, 0) is 0 Å². The molecule has 0 aliphatic carbocycles. The summed E-state index contributed by atoms with van der Waals surface area (Å²) in [5, 5.41) is 0.763. The molecule has 0 aliphatic rings. The van der Waals surface area contributed by atoms with Gasteiger partial charge < -0.3 is 0 Å². The Morgan fingerprint density at radius 2 is 2.15 bits per heavy atom. The maximum Gasteiger partial charge on any atom is 0.160 e. The number of carbonyl (C=O) groups is 1. The average Bonchev–Trinajstić information content (AvgIpc) is 2.47. The van der Waals surface area contributed by atoms with Crippen LogP contribution in [0.4, 0.5) is 4.39 Å². The molecule has 4 heteroatoms. The maximum absolute atomic E-state index is 13.3. The molecule has 0 atom stereocenters. The van der Waals surface area contributed by atoms with Crippen LogP contribution in [0.15, 0.2) is 22.7 Å². The Labute approximate surface area is 86.3 Å². The Balaban J connectivity index is 2.82. The molecule has 0 saturated heterocycles. The van der Waals surface area contributed by atoms with E-state index in [0.717, 1.165) is 11.7 Å². The molecular formula is C9H4BrFOS. The van der Waals surface area contributed by atoms with Crippen LogP contribution in [-0.4, -0.2) is 6.29 Å². The van der Waals surface area contributed by atoms with E-state index >= 15 is 0 Å². The highest BCUT2D eigenvalue weighted by Gasteiger charge is 2.06. The number of aldehydes is 1. The lowest BCUT2D eigenvalue weighted by Crippen LogP contribution is -1.72. The van der Waals surface area contributed by atoms with E-state index < -0.39 is 0 Å². The van der Waals surface area contributed by atoms with Crippen molar-refractivity contribution in [3.63, 3.8) is 0 Å². The number of hydrogen-bond donors (Lipinski definition) is 0. The topological polar surface area (TPSA) is 17.1 Å². The Kier molecular flexibility index (Phi) is 2.17. The molecule has 1 heterocycles. The second-order valence-electron chi connectivity index (χ2n) is 2.57. The predicted octanol–water partition coefficient (Wildman–Crippen LogP) is 3.62. The van der Waals surface area contributed by atoms with Crippen LogP contribution in [0.5, 0.6) is 0 Å². The van der Waals surface area contributed by atoms with Crippen molar-refractivity contribution in [1.29, 1.82) is 0 Å². The minimum absolute atomic E-state index is 0.289. The van der Waals surface area contributed by atoms with E-state index in [9.17, 15) is 9.18 Å². The van der Waals surface area contributed by atoms with E-state index in [1.807, 2.05) is 0 Å². The normalized spacial score (nSPS) is 10.6. The zero-order valence-electron chi connectivity index (χ0n) is 6.38. The summed E-state index contributed by atoms with van der Waals surface area (Å²) in [5.74, 6) is -0.289. The molecular weight excluding hydrogens is 255 g/mol. The van der Waals surface area contributed by atoms with Crippen LogP contribution in [0.25, 0.3) is 10.1 Å². The molecule has 0 radical (unpaired) electrons. The number of rotatable bonds is 1. The molecule has 0 N–H and O–H groups in total. The van der Waals surface area contributed by atoms with Crippen molar-refractivity contribution in [2.75, 3.05) is 0 Å². The quantitative estimate of drug-likeness (QED) is 0.715. The fourth-order valence-corrected chi connectivity index (χ4v) is 2.46. The van der Waals surface area contributed by atoms with Gasteiger partial charge in [-0.05, 0) is 23.6 Å². The van der Waals surface area contributed by atoms with Crippen molar-refractivity contribution in [2.24, 2.45) is 0 Å². The van der Waals surface area contributed by atoms with Gasteiger partial charge in [-0.3, -0.25) is 4.79 Å². The summed E-state index contributed by atoms with van der Waals surface area (Å²) >= 11 is 4.36. The molecule has 66 valence electrons. The SMILES string of the molecule is O=Cc1cc2cc(Br)cc(F)c2s1. The van der Waals surface area contributed by atoms with Crippen molar-refractivity contribution in [3.8, 4) is 0 Å². The number of carbonyl (C=O) groups excluding carboxylic acids is 1. The lowest BCUT2D eigenvalue weighted by Gasteiger charge is -1.92. The molecule has 1 aromatic heterocycles. The van der Waals surface area contributed by atoms with Crippen LogP contribution in [0.3, 0.4) is 0 Å². The molecule has 0 spiro atoms. The van der Waals surface area contributed by atoms with Gasteiger partial charge >= 0.3 is 0 Å². The highest BCUT2D eigenvalue weighted by atomic mass is 79.9. The predicted molar refractivity (Wildman–Crippen MR) is 54.9 cm³/mol. The smallest absolute Gasteiger partial charge is 0.160 e. The fourth-order valence-electron chi connectivity index (χ4n) is 1.15. The van der Waals surface area contributed by atoms with Crippen molar-refractivity contribution >= 4 is 43.6 Å². The summed E-state index contributed by atoms with van der Waals surface area (Å²) in [6, 6.07) is 4.87. The monoisotopic (exact) mass is 258 g/mol. The van der Waals surface area contributed by atoms with Crippen LogP contribution < -0.4 is 0 Å². The molecule has 0 fully saturated rings. The van der Waals surface area contributed by atoms with Gasteiger partial charge in [0.05, 0.1) is 9.58 Å². The molecule has 2 rings (SSSR count). The van der Waals surface area contributed by atoms with Crippen molar-refractivity contribution in [3.05, 3.63) is 33.4 Å². The molecule has 0 saturated carbocycles. The molecule has 2 aromatic rings. The summed E-state index contributed by atoms with van der Waals surface area (Å²) in [7, 11) is 0. The zero-order valence-corrected chi connectivity index (χ0v) is 8.78. The number of benzene rings is 1. The standard InChI is InChI=1S/C9H4BrFOS/c10-6-1-5-2-7(4-12)13-9(5)8(11)3-6/h1-4H. The van der Waals surface area contributed by atoms with Crippen molar-refractivity contribution in [2.45, 2.75) is 0 Å². The Morgan fingerprint density at radius 1 is 1.38 bits per heavy atom. The van der Waals surface area contributed by atoms with E-state index in [1.54, 1.807) is 12.1 Å². The number of fused-ring (bicyclic) bond motifs is 1. The summed E-state index contributed by atoms with van der Waals surface area (Å²) in [4.78, 5) is 11.0. The Bertz CT molecular complexity index is 478. The van der Waals surface area contributed by atoms with Gasteiger partial charge in [0.1, 0.15) is 5.82 Å². The van der Waals surface area contributed by atoms with Gasteiger partial charge in [0, 0.05) is 4.47 Å². The first kappa shape index (κ1) is 8.84. The van der Waals surface area contributed by atoms with Gasteiger partial charge in [0.15, 0.2) is 6.29 Å². The molecule has 13 heavy (non-hydrogen) atoms. The Hall–Kier alpha value is -0.740. The van der Waals surface area contributed by atoms with Crippen molar-refractivity contribution in [1.82, 2.24) is 0 Å². The summed E-state index contributed by atoms with van der Waals surface area (Å²) < 4.78 is 14.5. The van der Waals surface area contributed by atoms with Gasteiger partial charge in [-0.2, -0.15) is 0 Å². The van der Waals surface area contributed by atoms with Crippen molar-refractivity contribution < 1.29 is 9.18 Å². The van der Waals surface area contributed by atoms with Crippen LogP contribution in [0.1, 0.15) is 9.67 Å². The van der Waals surface area contributed by atoms with E-state index in [4.69, 9.17) is 0 Å². The van der Waals surface area contributed by atoms with Crippen LogP contribution >= 0.6 is 27.3 Å². The fraction of sp³-hybridized carbons (Fsp3) is 0. The van der Waals surface area contributed by atoms with E-state index in [2.05, 4.69) is 15.9 Å². The largest absolute Gasteiger partial charge is 0.297 e. The molecule has 1 nitrogen and oxygen atoms in total. The van der Waals surface area contributed by atoms with Gasteiger partial charge in [0.25, 0.3) is 0 Å². The summed E-state index contributed by atoms with van der Waals surface area (Å²) in [6.45, 7) is 0. The summed E-state index contributed by atoms with van der Waals surface area (Å²) in [6.07, 6.45) is 0.734. The lowest BCUT2D eigenvalue weighted by molar-refractivity contribution is 0.112. The lowest BCUT2D eigenvalue weighted by atomic mass is 10.2. The molecule has 0 aliphatic heterocycles. The number of halogens is 2. The third-order valence-electron chi connectivity index (χ3n) is 1.67. The highest BCUT2D eigenvalue weighted by molar-refractivity contribution is 9.10. The second-order valence-corrected chi connectivity index (χ2v) is 4.57. The second kappa shape index (κ2) is 3.20. The van der Waals surface area contributed by atoms with Crippen LogP contribution in [0.2, 0.25) is 0 Å². The van der Waals surface area contributed by atoms with Gasteiger partial charge in [-0.1, -0.05) is 15.9 Å². The number of hydrogen-bond acceptors (Lipinski definition) is 2. The molecule has 0 bridgehead atoms. The summed E-state index contributed by atoms with van der Waals surface area (Å²) in [5.41, 5.74) is 0. The molecule has 1 aromatic carbocycles. The first-order valence-electron chi connectivity index (χ1n) is 3.54. The first-order valence-corrected chi connectivity index (χ1v) is 5.15. The molecule has 0 unspecified atom stereocenters. The van der Waals surface area contributed by atoms with Gasteiger partial charge in [-0.25, -0.2) is 4.39 Å². The van der Waals surface area contributed by atoms with E-state index in [0.29, 0.717) is 14.0 Å². The Morgan fingerprint density at radius 3 is 2.85 bits per heavy atom. The first-order chi connectivity index (χ1) is 6.20. The third-order valence-corrected chi connectivity index (χ3v) is 3.21. The van der Waals surface area contributed by atoms with Gasteiger partial charge in [0.2, 0.25) is 0 Å². The average molecular weight is 259 g/mol. The van der Waals surface area contributed by atoms with Gasteiger partial charge in [-0.15, -0.1) is 11.3 Å². The van der Waals surface area contributed by atoms with E-state index in [-0.39, 0.29) is 5.82 Å².